The summed E-state index contributed by atoms with van der Waals surface area (Å²) in [5, 5.41) is 8.02. The van der Waals surface area contributed by atoms with Crippen LogP contribution in [-0.4, -0.2) is 23.6 Å². The van der Waals surface area contributed by atoms with E-state index in [1.807, 2.05) is 18.2 Å². The van der Waals surface area contributed by atoms with Crippen LogP contribution in [0.15, 0.2) is 29.6 Å². The Kier molecular flexibility index (Phi) is 6.37. The van der Waals surface area contributed by atoms with Crippen LogP contribution in [0.5, 0.6) is 0 Å². The first kappa shape index (κ1) is 17.2. The highest BCUT2D eigenvalue weighted by Gasteiger charge is 2.10. The molecule has 23 heavy (non-hydrogen) atoms. The molecule has 0 saturated carbocycles. The van der Waals surface area contributed by atoms with Crippen molar-refractivity contribution in [3.8, 4) is 0 Å². The van der Waals surface area contributed by atoms with Crippen LogP contribution < -0.4 is 10.6 Å². The predicted octanol–water partition coefficient (Wildman–Crippen LogP) is 3.22. The van der Waals surface area contributed by atoms with Crippen LogP contribution in [0.3, 0.4) is 0 Å². The minimum atomic E-state index is -0.559. The lowest BCUT2D eigenvalue weighted by Gasteiger charge is -2.06. The zero-order valence-electron chi connectivity index (χ0n) is 12.5. The van der Waals surface area contributed by atoms with Crippen molar-refractivity contribution in [2.45, 2.75) is 19.9 Å². The molecule has 0 bridgehead atoms. The van der Waals surface area contributed by atoms with E-state index in [4.69, 9.17) is 16.3 Å². The fourth-order valence-corrected chi connectivity index (χ4v) is 2.66. The third-order valence-electron chi connectivity index (χ3n) is 2.81. The molecule has 0 radical (unpaired) electrons. The van der Waals surface area contributed by atoms with Crippen molar-refractivity contribution in [2.75, 3.05) is 11.9 Å². The van der Waals surface area contributed by atoms with Gasteiger partial charge in [-0.15, -0.1) is 11.3 Å². The van der Waals surface area contributed by atoms with Gasteiger partial charge in [-0.25, -0.2) is 9.78 Å². The van der Waals surface area contributed by atoms with Crippen LogP contribution in [0.25, 0.3) is 0 Å². The standard InChI is InChI=1S/C15H16ClN3O3S/c1-2-22-15(21)19-14-18-11(9-23-14)7-13(20)17-8-10-5-3-4-6-12(10)16/h3-6,9H,2,7-8H2,1H3,(H,17,20)(H,18,19,21). The molecule has 0 aliphatic rings. The lowest BCUT2D eigenvalue weighted by Crippen LogP contribution is -2.24. The molecule has 6 nitrogen and oxygen atoms in total. The van der Waals surface area contributed by atoms with Crippen molar-refractivity contribution in [1.82, 2.24) is 10.3 Å². The van der Waals surface area contributed by atoms with Gasteiger partial charge in [-0.2, -0.15) is 0 Å². The van der Waals surface area contributed by atoms with E-state index in [0.717, 1.165) is 5.56 Å². The first-order chi connectivity index (χ1) is 11.1. The van der Waals surface area contributed by atoms with Crippen LogP contribution in [0.4, 0.5) is 9.93 Å². The van der Waals surface area contributed by atoms with Crippen molar-refractivity contribution in [2.24, 2.45) is 0 Å². The van der Waals surface area contributed by atoms with E-state index in [0.29, 0.717) is 22.4 Å². The second kappa shape index (κ2) is 8.50. The lowest BCUT2D eigenvalue weighted by molar-refractivity contribution is -0.120. The van der Waals surface area contributed by atoms with Gasteiger partial charge >= 0.3 is 6.09 Å². The van der Waals surface area contributed by atoms with Crippen molar-refractivity contribution >= 4 is 40.1 Å². The van der Waals surface area contributed by atoms with Crippen LogP contribution in [0.1, 0.15) is 18.2 Å². The Bertz CT molecular complexity index is 690. The summed E-state index contributed by atoms with van der Waals surface area (Å²) in [7, 11) is 0. The molecule has 0 aliphatic heterocycles. The number of carbonyl (C=O) groups excluding carboxylic acids is 2. The van der Waals surface area contributed by atoms with Gasteiger partial charge in [0.2, 0.25) is 5.91 Å². The molecule has 2 aromatic rings. The van der Waals surface area contributed by atoms with Gasteiger partial charge in [-0.1, -0.05) is 29.8 Å². The highest BCUT2D eigenvalue weighted by atomic mass is 35.5. The molecule has 2 rings (SSSR count). The monoisotopic (exact) mass is 353 g/mol. The summed E-state index contributed by atoms with van der Waals surface area (Å²) in [6, 6.07) is 7.33. The average Bonchev–Trinajstić information content (AvgIpc) is 2.93. The first-order valence-corrected chi connectivity index (χ1v) is 8.22. The van der Waals surface area contributed by atoms with E-state index >= 15 is 0 Å². The third-order valence-corrected chi connectivity index (χ3v) is 3.99. The van der Waals surface area contributed by atoms with E-state index in [1.54, 1.807) is 18.4 Å². The number of ether oxygens (including phenoxy) is 1. The molecular weight excluding hydrogens is 338 g/mol. The number of halogens is 1. The maximum atomic E-state index is 11.9. The summed E-state index contributed by atoms with van der Waals surface area (Å²) in [5.74, 6) is -0.169. The molecule has 0 spiro atoms. The molecule has 1 heterocycles. The smallest absolute Gasteiger partial charge is 0.413 e. The zero-order chi connectivity index (χ0) is 16.7. The van der Waals surface area contributed by atoms with E-state index < -0.39 is 6.09 Å². The van der Waals surface area contributed by atoms with Crippen molar-refractivity contribution in [3.63, 3.8) is 0 Å². The molecule has 2 N–H and O–H groups in total. The normalized spacial score (nSPS) is 10.2. The Morgan fingerprint density at radius 3 is 2.87 bits per heavy atom. The minimum absolute atomic E-state index is 0.130. The number of carbonyl (C=O) groups is 2. The Balaban J connectivity index is 1.82. The van der Waals surface area contributed by atoms with E-state index in [9.17, 15) is 9.59 Å². The zero-order valence-corrected chi connectivity index (χ0v) is 14.0. The molecule has 0 aliphatic carbocycles. The van der Waals surface area contributed by atoms with Gasteiger partial charge in [-0.3, -0.25) is 10.1 Å². The molecule has 1 aromatic heterocycles. The van der Waals surface area contributed by atoms with Gasteiger partial charge in [0.15, 0.2) is 5.13 Å². The Morgan fingerprint density at radius 1 is 1.35 bits per heavy atom. The maximum absolute atomic E-state index is 11.9. The summed E-state index contributed by atoms with van der Waals surface area (Å²) in [6.45, 7) is 2.36. The SMILES string of the molecule is CCOC(=O)Nc1nc(CC(=O)NCc2ccccc2Cl)cs1. The summed E-state index contributed by atoms with van der Waals surface area (Å²) < 4.78 is 4.76. The van der Waals surface area contributed by atoms with Gasteiger partial charge in [-0.05, 0) is 18.6 Å². The number of benzene rings is 1. The molecule has 0 fully saturated rings. The van der Waals surface area contributed by atoms with E-state index in [2.05, 4.69) is 15.6 Å². The number of thiazole rings is 1. The van der Waals surface area contributed by atoms with Crippen LogP contribution in [0.2, 0.25) is 5.02 Å². The number of rotatable bonds is 6. The lowest BCUT2D eigenvalue weighted by atomic mass is 10.2. The topological polar surface area (TPSA) is 80.3 Å². The first-order valence-electron chi connectivity index (χ1n) is 6.96. The van der Waals surface area contributed by atoms with Crippen molar-refractivity contribution in [3.05, 3.63) is 45.9 Å². The van der Waals surface area contributed by atoms with Crippen molar-refractivity contribution < 1.29 is 14.3 Å². The van der Waals surface area contributed by atoms with Gasteiger partial charge in [0.25, 0.3) is 0 Å². The minimum Gasteiger partial charge on any atom is -0.450 e. The quantitative estimate of drug-likeness (QED) is 0.835. The number of amides is 2. The number of nitrogens with zero attached hydrogens (tertiary/aromatic N) is 1. The molecular formula is C15H16ClN3O3S. The maximum Gasteiger partial charge on any atom is 0.413 e. The van der Waals surface area contributed by atoms with Crippen LogP contribution in [0, 0.1) is 0 Å². The molecule has 1 aromatic carbocycles. The number of aromatic nitrogens is 1. The summed E-state index contributed by atoms with van der Waals surface area (Å²) in [5.41, 5.74) is 1.43. The van der Waals surface area contributed by atoms with Gasteiger partial charge in [0.05, 0.1) is 18.7 Å². The predicted molar refractivity (Wildman–Crippen MR) is 89.8 cm³/mol. The van der Waals surface area contributed by atoms with Crippen LogP contribution >= 0.6 is 22.9 Å². The number of hydrogen-bond acceptors (Lipinski definition) is 5. The highest BCUT2D eigenvalue weighted by Crippen LogP contribution is 2.17. The Morgan fingerprint density at radius 2 is 2.13 bits per heavy atom. The summed E-state index contributed by atoms with van der Waals surface area (Å²) >= 11 is 7.27. The summed E-state index contributed by atoms with van der Waals surface area (Å²) in [6.07, 6.45) is -0.428. The average molecular weight is 354 g/mol. The molecule has 2 amide bonds. The molecule has 0 saturated heterocycles. The van der Waals surface area contributed by atoms with Gasteiger partial charge < -0.3 is 10.1 Å². The van der Waals surface area contributed by atoms with Gasteiger partial charge in [0.1, 0.15) is 0 Å². The van der Waals surface area contributed by atoms with Crippen molar-refractivity contribution in [1.29, 1.82) is 0 Å². The van der Waals surface area contributed by atoms with Gasteiger partial charge in [0, 0.05) is 16.9 Å². The van der Waals surface area contributed by atoms with E-state index in [-0.39, 0.29) is 18.9 Å². The fraction of sp³-hybridized carbons (Fsp3) is 0.267. The fourth-order valence-electron chi connectivity index (χ4n) is 1.76. The number of hydrogen-bond donors (Lipinski definition) is 2. The molecule has 0 unspecified atom stereocenters. The second-order valence-corrected chi connectivity index (χ2v) is 5.80. The van der Waals surface area contributed by atoms with E-state index in [1.165, 1.54) is 11.3 Å². The number of anilines is 1. The third kappa shape index (κ3) is 5.54. The second-order valence-electron chi connectivity index (χ2n) is 4.53. The number of nitrogens with one attached hydrogen (secondary N) is 2. The largest absolute Gasteiger partial charge is 0.450 e. The highest BCUT2D eigenvalue weighted by molar-refractivity contribution is 7.13. The molecule has 122 valence electrons. The summed E-state index contributed by atoms with van der Waals surface area (Å²) in [4.78, 5) is 27.4. The van der Waals surface area contributed by atoms with Crippen LogP contribution in [-0.2, 0) is 22.5 Å². The Hall–Kier alpha value is -2.12. The molecule has 8 heteroatoms. The Labute approximate surface area is 142 Å². The molecule has 0 atom stereocenters.